The van der Waals surface area contributed by atoms with E-state index in [1.165, 1.54) is 0 Å². The number of rotatable bonds is 10. The van der Waals surface area contributed by atoms with Crippen molar-refractivity contribution in [1.29, 1.82) is 5.26 Å². The zero-order valence-electron chi connectivity index (χ0n) is 28.3. The first kappa shape index (κ1) is 33.0. The van der Waals surface area contributed by atoms with Crippen molar-refractivity contribution in [3.05, 3.63) is 106 Å². The second kappa shape index (κ2) is 13.3. The van der Waals surface area contributed by atoms with Crippen LogP contribution in [0.2, 0.25) is 0 Å². The lowest BCUT2D eigenvalue weighted by molar-refractivity contribution is -0.131. The lowest BCUT2D eigenvalue weighted by atomic mass is 9.67. The van der Waals surface area contributed by atoms with Crippen LogP contribution in [0.4, 0.5) is 5.69 Å². The molecular formula is C39H45N7O2. The molecule has 1 saturated heterocycles. The number of aryl methyl sites for hydroxylation is 3. The molecule has 2 fully saturated rings. The van der Waals surface area contributed by atoms with Crippen LogP contribution in [0.5, 0.6) is 0 Å². The minimum absolute atomic E-state index is 0.0409. The molecule has 3 aliphatic rings. The number of aliphatic imine (C=N–C) groups is 1. The Kier molecular flexibility index (Phi) is 9.13. The number of piperidine rings is 1. The summed E-state index contributed by atoms with van der Waals surface area (Å²) in [5.41, 5.74) is 14.8. The summed E-state index contributed by atoms with van der Waals surface area (Å²) in [6.07, 6.45) is 3.70. The van der Waals surface area contributed by atoms with E-state index in [-0.39, 0.29) is 36.5 Å². The third-order valence-corrected chi connectivity index (χ3v) is 10.4. The first-order valence-corrected chi connectivity index (χ1v) is 16.8. The first-order chi connectivity index (χ1) is 23.1. The summed E-state index contributed by atoms with van der Waals surface area (Å²) in [5.74, 6) is 0.706. The van der Waals surface area contributed by atoms with E-state index in [2.05, 4.69) is 53.7 Å². The molecule has 1 heterocycles. The van der Waals surface area contributed by atoms with Gasteiger partial charge < -0.3 is 26.6 Å². The predicted molar refractivity (Wildman–Crippen MR) is 190 cm³/mol. The third kappa shape index (κ3) is 6.09. The Hall–Kier alpha value is -4.94. The van der Waals surface area contributed by atoms with Gasteiger partial charge in [0, 0.05) is 37.4 Å². The molecule has 2 aliphatic carbocycles. The number of amidine groups is 1. The summed E-state index contributed by atoms with van der Waals surface area (Å²) in [7, 11) is 3.50. The van der Waals surface area contributed by atoms with Crippen LogP contribution < -0.4 is 21.7 Å². The van der Waals surface area contributed by atoms with Crippen molar-refractivity contribution in [3.8, 4) is 6.07 Å². The smallest absolute Gasteiger partial charge is 0.251 e. The second-order valence-corrected chi connectivity index (χ2v) is 13.5. The van der Waals surface area contributed by atoms with Gasteiger partial charge in [-0.1, -0.05) is 42.5 Å². The van der Waals surface area contributed by atoms with E-state index in [1.54, 1.807) is 11.9 Å². The van der Waals surface area contributed by atoms with Crippen molar-refractivity contribution in [1.82, 2.24) is 20.9 Å². The van der Waals surface area contributed by atoms with Crippen molar-refractivity contribution in [2.45, 2.75) is 69.5 Å². The van der Waals surface area contributed by atoms with E-state index in [9.17, 15) is 14.9 Å². The van der Waals surface area contributed by atoms with Gasteiger partial charge in [0.2, 0.25) is 5.91 Å². The second-order valence-electron chi connectivity index (χ2n) is 13.5. The van der Waals surface area contributed by atoms with Crippen LogP contribution in [0.25, 0.3) is 5.70 Å². The largest absolute Gasteiger partial charge is 0.388 e. The van der Waals surface area contributed by atoms with Gasteiger partial charge in [-0.25, -0.2) is 4.99 Å². The van der Waals surface area contributed by atoms with Gasteiger partial charge >= 0.3 is 0 Å². The molecule has 6 rings (SSSR count). The number of nitrogens with zero attached hydrogens (tertiary/aromatic N) is 3. The third-order valence-electron chi connectivity index (χ3n) is 10.4. The van der Waals surface area contributed by atoms with Gasteiger partial charge in [-0.15, -0.1) is 0 Å². The predicted octanol–water partition coefficient (Wildman–Crippen LogP) is 4.50. The Morgan fingerprint density at radius 3 is 2.29 bits per heavy atom. The van der Waals surface area contributed by atoms with E-state index in [0.717, 1.165) is 64.0 Å². The molecule has 3 aromatic carbocycles. The van der Waals surface area contributed by atoms with Crippen LogP contribution in [-0.2, 0) is 23.1 Å². The van der Waals surface area contributed by atoms with E-state index >= 15 is 0 Å². The maximum atomic E-state index is 13.5. The topological polar surface area (TPSA) is 136 Å². The lowest BCUT2D eigenvalue weighted by Gasteiger charge is -2.39. The minimum atomic E-state index is -0.896. The van der Waals surface area contributed by atoms with E-state index in [4.69, 9.17) is 10.7 Å². The van der Waals surface area contributed by atoms with E-state index in [0.29, 0.717) is 30.2 Å². The molecule has 9 heteroatoms. The van der Waals surface area contributed by atoms with Gasteiger partial charge in [0.25, 0.3) is 5.91 Å². The molecule has 0 bridgehead atoms. The number of benzene rings is 3. The zero-order valence-corrected chi connectivity index (χ0v) is 28.3. The summed E-state index contributed by atoms with van der Waals surface area (Å²) in [4.78, 5) is 33.1. The average Bonchev–Trinajstić information content (AvgIpc) is 3.79. The fraction of sp³-hybridized carbons (Fsp3) is 0.385. The Balaban J connectivity index is 1.46. The molecule has 3 aromatic rings. The molecule has 2 unspecified atom stereocenters. The maximum Gasteiger partial charge on any atom is 0.251 e. The number of amides is 2. The highest BCUT2D eigenvalue weighted by atomic mass is 16.2. The van der Waals surface area contributed by atoms with Crippen LogP contribution in [0.3, 0.4) is 0 Å². The maximum absolute atomic E-state index is 13.5. The number of hydrogen-bond acceptors (Lipinski definition) is 6. The molecule has 2 amide bonds. The summed E-state index contributed by atoms with van der Waals surface area (Å²) in [6, 6.07) is 22.2. The van der Waals surface area contributed by atoms with Gasteiger partial charge in [-0.2, -0.15) is 5.26 Å². The van der Waals surface area contributed by atoms with Crippen molar-refractivity contribution in [3.63, 3.8) is 0 Å². The Morgan fingerprint density at radius 2 is 1.67 bits per heavy atom. The van der Waals surface area contributed by atoms with E-state index < -0.39 is 5.41 Å². The van der Waals surface area contributed by atoms with Gasteiger partial charge in [-0.05, 0) is 110 Å². The summed E-state index contributed by atoms with van der Waals surface area (Å²) < 4.78 is 0. The Morgan fingerprint density at radius 1 is 1.02 bits per heavy atom. The Labute approximate surface area is 283 Å². The molecule has 5 atom stereocenters. The monoisotopic (exact) mass is 643 g/mol. The van der Waals surface area contributed by atoms with Crippen LogP contribution >= 0.6 is 0 Å². The molecule has 9 nitrogen and oxygen atoms in total. The SMILES string of the molecule is C=C(NC)c1ccc2c(c1)CCc1cc(C(=O)NC)ccc1C2(C[C@@H](C)NCC(=O)N1C(C#N)C[C@@H]2C[C@@H]21)C(N)=Nc1ccc(C)cc1. The Bertz CT molecular complexity index is 1760. The zero-order chi connectivity index (χ0) is 34.2. The minimum Gasteiger partial charge on any atom is -0.388 e. The quantitative estimate of drug-likeness (QED) is 0.190. The number of fused-ring (bicyclic) bond motifs is 3. The fourth-order valence-electron chi connectivity index (χ4n) is 7.74. The average molecular weight is 644 g/mol. The molecule has 0 aromatic heterocycles. The number of carbonyl (C=O) groups is 2. The molecule has 1 saturated carbocycles. The highest BCUT2D eigenvalue weighted by Crippen LogP contribution is 2.48. The molecule has 0 radical (unpaired) electrons. The van der Waals surface area contributed by atoms with Crippen molar-refractivity contribution >= 4 is 29.0 Å². The molecule has 248 valence electrons. The van der Waals surface area contributed by atoms with Gasteiger partial charge in [-0.3, -0.25) is 9.59 Å². The van der Waals surface area contributed by atoms with Crippen molar-refractivity contribution in [2.24, 2.45) is 16.6 Å². The summed E-state index contributed by atoms with van der Waals surface area (Å²) in [5, 5.41) is 19.1. The summed E-state index contributed by atoms with van der Waals surface area (Å²) in [6.45, 7) is 8.44. The van der Waals surface area contributed by atoms with E-state index in [1.807, 2.05) is 56.4 Å². The standard InChI is InChI=1S/C39H45N7O2/c1-23-6-12-31(13-7-23)45-38(41)39(20-24(2)44-22-36(47)46-32(21-40)18-30-19-35(30)46)33-14-10-26(25(3)42-4)16-27(33)8-9-28-17-29(37(48)43-5)11-15-34(28)39/h6-7,10-17,24,30,32,35,42,44H,3,8-9,18-20,22H2,1-2,4-5H3,(H2,41,45)(H,43,48)/t24-,30-,32?,35+,39?/m1/s1. The van der Waals surface area contributed by atoms with Gasteiger partial charge in [0.1, 0.15) is 11.9 Å². The molecule has 0 spiro atoms. The molecule has 48 heavy (non-hydrogen) atoms. The fourth-order valence-corrected chi connectivity index (χ4v) is 7.74. The van der Waals surface area contributed by atoms with Gasteiger partial charge in [0.05, 0.1) is 23.7 Å². The van der Waals surface area contributed by atoms with Crippen LogP contribution in [0.1, 0.15) is 69.9 Å². The van der Waals surface area contributed by atoms with Gasteiger partial charge in [0.15, 0.2) is 0 Å². The number of carbonyl (C=O) groups excluding carboxylic acids is 2. The van der Waals surface area contributed by atoms with Crippen LogP contribution in [-0.4, -0.2) is 61.3 Å². The highest BCUT2D eigenvalue weighted by Gasteiger charge is 2.54. The number of nitrogens with two attached hydrogens (primary N) is 1. The molecule has 1 aliphatic heterocycles. The highest BCUT2D eigenvalue weighted by molar-refractivity contribution is 5.99. The number of likely N-dealkylation sites (tertiary alicyclic amines) is 1. The summed E-state index contributed by atoms with van der Waals surface area (Å²) >= 11 is 0. The number of nitrogens with one attached hydrogen (secondary N) is 3. The first-order valence-electron chi connectivity index (χ1n) is 16.8. The van der Waals surface area contributed by atoms with Crippen molar-refractivity contribution in [2.75, 3.05) is 20.6 Å². The molecule has 5 N–H and O–H groups in total. The van der Waals surface area contributed by atoms with Crippen molar-refractivity contribution < 1.29 is 9.59 Å². The van der Waals surface area contributed by atoms with Crippen LogP contribution in [0.15, 0.2) is 72.2 Å². The van der Waals surface area contributed by atoms with Crippen LogP contribution in [0, 0.1) is 24.2 Å². The number of nitriles is 1. The number of hydrogen-bond donors (Lipinski definition) is 4. The normalized spacial score (nSPS) is 23.1. The lowest BCUT2D eigenvalue weighted by Crippen LogP contribution is -2.49. The molecular weight excluding hydrogens is 598 g/mol.